The van der Waals surface area contributed by atoms with Crippen molar-refractivity contribution in [2.45, 2.75) is 0 Å². The van der Waals surface area contributed by atoms with Gasteiger partial charge in [0.05, 0.1) is 7.11 Å². The molecule has 0 amide bonds. The van der Waals surface area contributed by atoms with Crippen LogP contribution >= 0.6 is 0 Å². The molecule has 4 nitrogen and oxygen atoms in total. The predicted octanol–water partition coefficient (Wildman–Crippen LogP) is 1.59. The SMILES string of the molecule is COC(=O)c1ccc(C=O)cc1OCF. The van der Waals surface area contributed by atoms with E-state index in [4.69, 9.17) is 0 Å². The van der Waals surface area contributed by atoms with E-state index in [1.54, 1.807) is 0 Å². The number of rotatable bonds is 4. The second-order valence-corrected chi connectivity index (χ2v) is 2.62. The van der Waals surface area contributed by atoms with Crippen molar-refractivity contribution in [3.05, 3.63) is 29.3 Å². The van der Waals surface area contributed by atoms with Gasteiger partial charge < -0.3 is 9.47 Å². The maximum atomic E-state index is 12.0. The molecule has 0 saturated heterocycles. The number of esters is 1. The highest BCUT2D eigenvalue weighted by Gasteiger charge is 2.13. The normalized spacial score (nSPS) is 9.47. The number of ether oxygens (including phenoxy) is 2. The van der Waals surface area contributed by atoms with E-state index in [2.05, 4.69) is 9.47 Å². The zero-order valence-electron chi connectivity index (χ0n) is 8.03. The zero-order chi connectivity index (χ0) is 11.3. The number of methoxy groups -OCH3 is 1. The molecule has 0 aliphatic heterocycles. The summed E-state index contributed by atoms with van der Waals surface area (Å²) in [5, 5.41) is 0. The standard InChI is InChI=1S/C10H9FO4/c1-14-10(13)8-3-2-7(5-12)4-9(8)15-6-11/h2-5H,6H2,1H3. The van der Waals surface area contributed by atoms with Gasteiger partial charge in [0.2, 0.25) is 6.86 Å². The molecule has 0 N–H and O–H groups in total. The average Bonchev–Trinajstić information content (AvgIpc) is 2.28. The van der Waals surface area contributed by atoms with Crippen LogP contribution < -0.4 is 4.74 Å². The van der Waals surface area contributed by atoms with Crippen LogP contribution in [0.25, 0.3) is 0 Å². The molecule has 0 fully saturated rings. The Morgan fingerprint density at radius 1 is 1.53 bits per heavy atom. The van der Waals surface area contributed by atoms with E-state index in [-0.39, 0.29) is 11.3 Å². The smallest absolute Gasteiger partial charge is 0.341 e. The van der Waals surface area contributed by atoms with Gasteiger partial charge in [0.25, 0.3) is 0 Å². The summed E-state index contributed by atoms with van der Waals surface area (Å²) in [7, 11) is 1.20. The molecule has 0 heterocycles. The van der Waals surface area contributed by atoms with E-state index in [1.165, 1.54) is 25.3 Å². The molecule has 0 aliphatic carbocycles. The Bertz CT molecular complexity index is 376. The molecule has 0 bridgehead atoms. The van der Waals surface area contributed by atoms with Crippen LogP contribution in [0.2, 0.25) is 0 Å². The Hall–Kier alpha value is -1.91. The van der Waals surface area contributed by atoms with Gasteiger partial charge in [-0.25, -0.2) is 9.18 Å². The summed E-state index contributed by atoms with van der Waals surface area (Å²) in [5.41, 5.74) is 0.381. The summed E-state index contributed by atoms with van der Waals surface area (Å²) in [6.07, 6.45) is 0.576. The van der Waals surface area contributed by atoms with Gasteiger partial charge in [-0.3, -0.25) is 4.79 Å². The lowest BCUT2D eigenvalue weighted by Crippen LogP contribution is -2.05. The molecular weight excluding hydrogens is 203 g/mol. The molecule has 80 valence electrons. The third-order valence-electron chi connectivity index (χ3n) is 1.76. The van der Waals surface area contributed by atoms with Crippen molar-refractivity contribution in [1.82, 2.24) is 0 Å². The van der Waals surface area contributed by atoms with E-state index in [9.17, 15) is 14.0 Å². The quantitative estimate of drug-likeness (QED) is 0.561. The van der Waals surface area contributed by atoms with Crippen molar-refractivity contribution >= 4 is 12.3 Å². The van der Waals surface area contributed by atoms with Gasteiger partial charge >= 0.3 is 5.97 Å². The Balaban J connectivity index is 3.14. The topological polar surface area (TPSA) is 52.6 Å². The van der Waals surface area contributed by atoms with Crippen molar-refractivity contribution in [2.24, 2.45) is 0 Å². The highest BCUT2D eigenvalue weighted by Crippen LogP contribution is 2.20. The molecule has 5 heteroatoms. The Morgan fingerprint density at radius 3 is 2.80 bits per heavy atom. The second kappa shape index (κ2) is 5.09. The summed E-state index contributed by atoms with van der Waals surface area (Å²) in [6.45, 7) is -1.08. The molecule has 15 heavy (non-hydrogen) atoms. The Morgan fingerprint density at radius 2 is 2.27 bits per heavy atom. The number of carbonyl (C=O) groups is 2. The fourth-order valence-corrected chi connectivity index (χ4v) is 1.07. The fraction of sp³-hybridized carbons (Fsp3) is 0.200. The summed E-state index contributed by atoms with van der Waals surface area (Å²) < 4.78 is 21.0. The van der Waals surface area contributed by atoms with Crippen LogP contribution in [0, 0.1) is 0 Å². The number of halogens is 1. The lowest BCUT2D eigenvalue weighted by molar-refractivity contribution is 0.0593. The number of hydrogen-bond acceptors (Lipinski definition) is 4. The molecule has 1 aromatic rings. The average molecular weight is 212 g/mol. The van der Waals surface area contributed by atoms with Crippen LogP contribution in [0.1, 0.15) is 20.7 Å². The molecule has 0 aliphatic rings. The maximum absolute atomic E-state index is 12.0. The fourth-order valence-electron chi connectivity index (χ4n) is 1.07. The summed E-state index contributed by atoms with van der Waals surface area (Å²) in [5.74, 6) is -0.648. The van der Waals surface area contributed by atoms with Crippen molar-refractivity contribution in [2.75, 3.05) is 14.0 Å². The van der Waals surface area contributed by atoms with Gasteiger partial charge in [0, 0.05) is 5.56 Å². The molecule has 1 rings (SSSR count). The number of aldehydes is 1. The zero-order valence-corrected chi connectivity index (χ0v) is 8.03. The highest BCUT2D eigenvalue weighted by atomic mass is 19.1. The molecule has 0 radical (unpaired) electrons. The lowest BCUT2D eigenvalue weighted by Gasteiger charge is -2.07. The van der Waals surface area contributed by atoms with Gasteiger partial charge in [-0.2, -0.15) is 0 Å². The van der Waals surface area contributed by atoms with Gasteiger partial charge in [0.15, 0.2) is 0 Å². The largest absolute Gasteiger partial charge is 0.465 e. The van der Waals surface area contributed by atoms with Crippen molar-refractivity contribution < 1.29 is 23.5 Å². The van der Waals surface area contributed by atoms with Crippen LogP contribution in [-0.2, 0) is 4.74 Å². The van der Waals surface area contributed by atoms with E-state index in [0.717, 1.165) is 0 Å². The van der Waals surface area contributed by atoms with Crippen LogP contribution in [0.4, 0.5) is 4.39 Å². The monoisotopic (exact) mass is 212 g/mol. The third-order valence-corrected chi connectivity index (χ3v) is 1.76. The van der Waals surface area contributed by atoms with Crippen molar-refractivity contribution in [3.8, 4) is 5.75 Å². The minimum absolute atomic E-state index is 0.00560. The van der Waals surface area contributed by atoms with Crippen LogP contribution in [0.15, 0.2) is 18.2 Å². The predicted molar refractivity (Wildman–Crippen MR) is 49.8 cm³/mol. The number of alkyl halides is 1. The number of hydrogen-bond donors (Lipinski definition) is 0. The summed E-state index contributed by atoms with van der Waals surface area (Å²) >= 11 is 0. The van der Waals surface area contributed by atoms with E-state index >= 15 is 0 Å². The van der Waals surface area contributed by atoms with Gasteiger partial charge in [-0.1, -0.05) is 6.07 Å². The molecule has 0 spiro atoms. The Kier molecular flexibility index (Phi) is 3.79. The minimum atomic E-state index is -1.08. The minimum Gasteiger partial charge on any atom is -0.465 e. The molecular formula is C10H9FO4. The van der Waals surface area contributed by atoms with Crippen LogP contribution in [0.5, 0.6) is 5.75 Å². The van der Waals surface area contributed by atoms with Crippen molar-refractivity contribution in [3.63, 3.8) is 0 Å². The van der Waals surface area contributed by atoms with E-state index in [0.29, 0.717) is 11.8 Å². The summed E-state index contributed by atoms with van der Waals surface area (Å²) in [6, 6.07) is 4.05. The lowest BCUT2D eigenvalue weighted by atomic mass is 10.1. The van der Waals surface area contributed by atoms with E-state index < -0.39 is 12.8 Å². The van der Waals surface area contributed by atoms with Crippen LogP contribution in [-0.4, -0.2) is 26.2 Å². The second-order valence-electron chi connectivity index (χ2n) is 2.62. The number of carbonyl (C=O) groups excluding carboxylic acids is 2. The van der Waals surface area contributed by atoms with Crippen molar-refractivity contribution in [1.29, 1.82) is 0 Å². The first-order valence-corrected chi connectivity index (χ1v) is 4.09. The Labute approximate surface area is 85.6 Å². The van der Waals surface area contributed by atoms with Crippen LogP contribution in [0.3, 0.4) is 0 Å². The third kappa shape index (κ3) is 2.52. The molecule has 0 aromatic heterocycles. The van der Waals surface area contributed by atoms with Gasteiger partial charge in [0.1, 0.15) is 17.6 Å². The molecule has 0 saturated carbocycles. The van der Waals surface area contributed by atoms with E-state index in [1.807, 2.05) is 0 Å². The maximum Gasteiger partial charge on any atom is 0.341 e. The highest BCUT2D eigenvalue weighted by molar-refractivity contribution is 5.93. The first-order chi connectivity index (χ1) is 7.22. The van der Waals surface area contributed by atoms with Gasteiger partial charge in [-0.15, -0.1) is 0 Å². The van der Waals surface area contributed by atoms with Gasteiger partial charge in [-0.05, 0) is 12.1 Å². The molecule has 0 unspecified atom stereocenters. The summed E-state index contributed by atoms with van der Waals surface area (Å²) in [4.78, 5) is 21.6. The molecule has 0 atom stereocenters. The molecule has 1 aromatic carbocycles. The number of benzene rings is 1. The first-order valence-electron chi connectivity index (χ1n) is 4.09. The first kappa shape index (κ1) is 11.2.